The van der Waals surface area contributed by atoms with Gasteiger partial charge < -0.3 is 10.1 Å². The van der Waals surface area contributed by atoms with Crippen LogP contribution < -0.4 is 10.1 Å². The van der Waals surface area contributed by atoms with Crippen molar-refractivity contribution >= 4 is 38.8 Å². The first-order valence-corrected chi connectivity index (χ1v) is 7.80. The predicted octanol–water partition coefficient (Wildman–Crippen LogP) is 3.84. The molecule has 0 aliphatic rings. The number of carbonyl (C=O) groups is 1. The van der Waals surface area contributed by atoms with E-state index in [1.54, 1.807) is 13.2 Å². The van der Waals surface area contributed by atoms with E-state index in [9.17, 15) is 14.9 Å². The molecule has 1 N–H and O–H groups in total. The number of hydrogen-bond donors (Lipinski definition) is 1. The number of rotatable bonds is 4. The van der Waals surface area contributed by atoms with Gasteiger partial charge in [-0.05, 0) is 30.3 Å². The summed E-state index contributed by atoms with van der Waals surface area (Å²) in [6.07, 6.45) is 0. The number of hydrogen-bond acceptors (Lipinski definition) is 6. The molecular weight excluding hydrogens is 330 g/mol. The van der Waals surface area contributed by atoms with Crippen LogP contribution in [-0.4, -0.2) is 22.9 Å². The molecule has 3 rings (SSSR count). The SMILES string of the molecule is COc1ccc2nc(-c3ccc(NC(C)=O)c([N+](=O)[O-])c3)sc2c1. The average Bonchev–Trinajstić information content (AvgIpc) is 2.97. The highest BCUT2D eigenvalue weighted by atomic mass is 32.1. The van der Waals surface area contributed by atoms with Gasteiger partial charge in [0.1, 0.15) is 16.4 Å². The first kappa shape index (κ1) is 15.9. The average molecular weight is 343 g/mol. The normalized spacial score (nSPS) is 10.6. The monoisotopic (exact) mass is 343 g/mol. The van der Waals surface area contributed by atoms with Crippen LogP contribution in [-0.2, 0) is 4.79 Å². The number of methoxy groups -OCH3 is 1. The van der Waals surface area contributed by atoms with E-state index >= 15 is 0 Å². The maximum Gasteiger partial charge on any atom is 0.293 e. The minimum Gasteiger partial charge on any atom is -0.497 e. The topological polar surface area (TPSA) is 94.4 Å². The largest absolute Gasteiger partial charge is 0.497 e. The molecule has 8 heteroatoms. The highest BCUT2D eigenvalue weighted by molar-refractivity contribution is 7.21. The van der Waals surface area contributed by atoms with Crippen LogP contribution in [0.15, 0.2) is 36.4 Å². The maximum atomic E-state index is 11.3. The van der Waals surface area contributed by atoms with E-state index in [0.717, 1.165) is 16.0 Å². The summed E-state index contributed by atoms with van der Waals surface area (Å²) in [5.41, 5.74) is 1.42. The van der Waals surface area contributed by atoms with E-state index in [1.165, 1.54) is 30.4 Å². The summed E-state index contributed by atoms with van der Waals surface area (Å²) in [6, 6.07) is 10.2. The third-order valence-corrected chi connectivity index (χ3v) is 4.41. The van der Waals surface area contributed by atoms with E-state index in [1.807, 2.05) is 18.2 Å². The summed E-state index contributed by atoms with van der Waals surface area (Å²) >= 11 is 1.42. The summed E-state index contributed by atoms with van der Waals surface area (Å²) in [7, 11) is 1.59. The van der Waals surface area contributed by atoms with Crippen molar-refractivity contribution in [2.24, 2.45) is 0 Å². The second kappa shape index (κ2) is 6.25. The smallest absolute Gasteiger partial charge is 0.293 e. The number of thiazole rings is 1. The molecule has 0 atom stereocenters. The fraction of sp³-hybridized carbons (Fsp3) is 0.125. The Morgan fingerprint density at radius 1 is 1.29 bits per heavy atom. The highest BCUT2D eigenvalue weighted by Crippen LogP contribution is 2.35. The number of nitro benzene ring substituents is 1. The minimum absolute atomic E-state index is 0.166. The molecule has 0 fully saturated rings. The summed E-state index contributed by atoms with van der Waals surface area (Å²) in [4.78, 5) is 26.4. The number of nitro groups is 1. The van der Waals surface area contributed by atoms with Gasteiger partial charge in [-0.15, -0.1) is 11.3 Å². The molecule has 0 bridgehead atoms. The summed E-state index contributed by atoms with van der Waals surface area (Å²) in [5.74, 6) is 0.364. The van der Waals surface area contributed by atoms with Gasteiger partial charge in [-0.3, -0.25) is 14.9 Å². The van der Waals surface area contributed by atoms with E-state index < -0.39 is 4.92 Å². The van der Waals surface area contributed by atoms with Crippen molar-refractivity contribution in [3.63, 3.8) is 0 Å². The molecule has 1 heterocycles. The molecule has 3 aromatic rings. The number of anilines is 1. The fourth-order valence-electron chi connectivity index (χ4n) is 2.27. The molecule has 0 aliphatic heterocycles. The molecule has 0 spiro atoms. The number of benzene rings is 2. The van der Waals surface area contributed by atoms with Gasteiger partial charge in [-0.1, -0.05) is 0 Å². The Kier molecular flexibility index (Phi) is 4.13. The number of fused-ring (bicyclic) bond motifs is 1. The van der Waals surface area contributed by atoms with E-state index in [4.69, 9.17) is 4.74 Å². The Morgan fingerprint density at radius 2 is 2.08 bits per heavy atom. The van der Waals surface area contributed by atoms with Crippen LogP contribution in [0.1, 0.15) is 6.92 Å². The van der Waals surface area contributed by atoms with Crippen LogP contribution >= 0.6 is 11.3 Å². The lowest BCUT2D eigenvalue weighted by Crippen LogP contribution is -2.08. The highest BCUT2D eigenvalue weighted by Gasteiger charge is 2.18. The Bertz CT molecular complexity index is 952. The third-order valence-electron chi connectivity index (χ3n) is 3.35. The Balaban J connectivity index is 2.07. The molecule has 7 nitrogen and oxygen atoms in total. The molecule has 1 aromatic heterocycles. The lowest BCUT2D eigenvalue weighted by molar-refractivity contribution is -0.383. The zero-order valence-electron chi connectivity index (χ0n) is 12.9. The summed E-state index contributed by atoms with van der Waals surface area (Å²) in [6.45, 7) is 1.30. The molecule has 0 saturated carbocycles. The molecule has 24 heavy (non-hydrogen) atoms. The third kappa shape index (κ3) is 3.04. The van der Waals surface area contributed by atoms with Gasteiger partial charge in [0.25, 0.3) is 5.69 Å². The number of carbonyl (C=O) groups excluding carboxylic acids is 1. The Morgan fingerprint density at radius 3 is 2.75 bits per heavy atom. The van der Waals surface area contributed by atoms with Crippen LogP contribution in [0.3, 0.4) is 0 Å². The number of aromatic nitrogens is 1. The maximum absolute atomic E-state index is 11.3. The van der Waals surface area contributed by atoms with E-state index in [-0.39, 0.29) is 17.3 Å². The number of amides is 1. The Labute approximate surface area is 141 Å². The molecule has 2 aromatic carbocycles. The summed E-state index contributed by atoms with van der Waals surface area (Å²) < 4.78 is 6.12. The van der Waals surface area contributed by atoms with Gasteiger partial charge in [0.2, 0.25) is 5.91 Å². The lowest BCUT2D eigenvalue weighted by atomic mass is 10.1. The molecule has 0 aliphatic carbocycles. The van der Waals surface area contributed by atoms with Crippen molar-refractivity contribution in [2.45, 2.75) is 6.92 Å². The second-order valence-corrected chi connectivity index (χ2v) is 6.05. The molecule has 0 unspecified atom stereocenters. The molecule has 122 valence electrons. The van der Waals surface area contributed by atoms with Gasteiger partial charge in [-0.25, -0.2) is 4.98 Å². The van der Waals surface area contributed by atoms with Gasteiger partial charge in [0, 0.05) is 18.6 Å². The number of nitrogens with one attached hydrogen (secondary N) is 1. The standard InChI is InChI=1S/C16H13N3O4S/c1-9(20)17-12-5-3-10(7-14(12)19(21)22)16-18-13-6-4-11(23-2)8-15(13)24-16/h3-8H,1-2H3,(H,17,20). The van der Waals surface area contributed by atoms with Gasteiger partial charge in [-0.2, -0.15) is 0 Å². The van der Waals surface area contributed by atoms with Crippen LogP contribution in [0, 0.1) is 10.1 Å². The van der Waals surface area contributed by atoms with Crippen molar-refractivity contribution < 1.29 is 14.5 Å². The van der Waals surface area contributed by atoms with Crippen molar-refractivity contribution in [1.82, 2.24) is 4.98 Å². The van der Waals surface area contributed by atoms with Crippen molar-refractivity contribution in [3.05, 3.63) is 46.5 Å². The van der Waals surface area contributed by atoms with Crippen molar-refractivity contribution in [3.8, 4) is 16.3 Å². The summed E-state index contributed by atoms with van der Waals surface area (Å²) in [5, 5.41) is 14.4. The van der Waals surface area contributed by atoms with Crippen LogP contribution in [0.2, 0.25) is 0 Å². The second-order valence-electron chi connectivity index (χ2n) is 5.02. The van der Waals surface area contributed by atoms with Crippen LogP contribution in [0.5, 0.6) is 5.75 Å². The first-order valence-electron chi connectivity index (χ1n) is 6.99. The first-order chi connectivity index (χ1) is 11.5. The quantitative estimate of drug-likeness (QED) is 0.574. The molecule has 0 radical (unpaired) electrons. The van der Waals surface area contributed by atoms with Crippen molar-refractivity contribution in [1.29, 1.82) is 0 Å². The number of nitrogens with zero attached hydrogens (tertiary/aromatic N) is 2. The fourth-order valence-corrected chi connectivity index (χ4v) is 3.26. The van der Waals surface area contributed by atoms with Crippen LogP contribution in [0.25, 0.3) is 20.8 Å². The predicted molar refractivity (Wildman–Crippen MR) is 92.6 cm³/mol. The van der Waals surface area contributed by atoms with Gasteiger partial charge in [0.05, 0.1) is 22.2 Å². The van der Waals surface area contributed by atoms with Crippen LogP contribution in [0.4, 0.5) is 11.4 Å². The van der Waals surface area contributed by atoms with Crippen molar-refractivity contribution in [2.75, 3.05) is 12.4 Å². The zero-order chi connectivity index (χ0) is 17.3. The van der Waals surface area contributed by atoms with E-state index in [0.29, 0.717) is 10.6 Å². The van der Waals surface area contributed by atoms with Gasteiger partial charge >= 0.3 is 0 Å². The molecular formula is C16H13N3O4S. The number of ether oxygens (including phenoxy) is 1. The minimum atomic E-state index is -0.523. The molecule has 1 amide bonds. The Hall–Kier alpha value is -3.00. The van der Waals surface area contributed by atoms with Gasteiger partial charge in [0.15, 0.2) is 0 Å². The van der Waals surface area contributed by atoms with E-state index in [2.05, 4.69) is 10.3 Å². The lowest BCUT2D eigenvalue weighted by Gasteiger charge is -2.04. The molecule has 0 saturated heterocycles. The zero-order valence-corrected chi connectivity index (χ0v) is 13.7.